The lowest BCUT2D eigenvalue weighted by Crippen LogP contribution is -2.06. The third-order valence-electron chi connectivity index (χ3n) is 11.5. The summed E-state index contributed by atoms with van der Waals surface area (Å²) in [6.07, 6.45) is 2.24. The van der Waals surface area contributed by atoms with Gasteiger partial charge in [-0.05, 0) is 82.8 Å². The van der Waals surface area contributed by atoms with Crippen LogP contribution in [-0.2, 0) is 6.42 Å². The Balaban J connectivity index is 1.11. The van der Waals surface area contributed by atoms with E-state index in [-0.39, 0.29) is 0 Å². The van der Waals surface area contributed by atoms with E-state index in [1.54, 1.807) is 0 Å². The number of benzene rings is 8. The topological polar surface area (TPSA) is 48.5 Å². The Kier molecular flexibility index (Phi) is 8.44. The van der Waals surface area contributed by atoms with E-state index >= 15 is 0 Å². The van der Waals surface area contributed by atoms with Crippen LogP contribution < -0.4 is 0 Å². The maximum atomic E-state index is 5.33. The first-order valence-corrected chi connectivity index (χ1v) is 20.3. The van der Waals surface area contributed by atoms with Crippen LogP contribution >= 0.6 is 0 Å². The van der Waals surface area contributed by atoms with Gasteiger partial charge >= 0.3 is 0 Å². The summed E-state index contributed by atoms with van der Waals surface area (Å²) in [7, 11) is 0. The molecule has 0 fully saturated rings. The van der Waals surface area contributed by atoms with Crippen molar-refractivity contribution in [3.8, 4) is 56.7 Å². The molecular weight excluding hydrogens is 719 g/mol. The van der Waals surface area contributed by atoms with Crippen molar-refractivity contribution >= 4 is 43.6 Å². The maximum Gasteiger partial charge on any atom is 0.238 e. The van der Waals surface area contributed by atoms with Crippen LogP contribution in [0.3, 0.4) is 0 Å². The molecule has 0 N–H and O–H groups in total. The van der Waals surface area contributed by atoms with Gasteiger partial charge in [-0.15, -0.1) is 0 Å². The molecule has 0 radical (unpaired) electrons. The Hall–Kier alpha value is -7.63. The third-order valence-corrected chi connectivity index (χ3v) is 11.5. The second-order valence-corrected chi connectivity index (χ2v) is 15.2. The number of aromatic nitrogens is 5. The van der Waals surface area contributed by atoms with Gasteiger partial charge in [0, 0.05) is 38.4 Å². The highest BCUT2D eigenvalue weighted by molar-refractivity contribution is 6.28. The fraction of sp³-hybridized carbons (Fsp3) is 0.0556. The van der Waals surface area contributed by atoms with Crippen molar-refractivity contribution in [3.05, 3.63) is 200 Å². The predicted octanol–water partition coefficient (Wildman–Crippen LogP) is 13.7. The lowest BCUT2D eigenvalue weighted by atomic mass is 9.97. The van der Waals surface area contributed by atoms with E-state index in [0.717, 1.165) is 62.7 Å². The number of hydrogen-bond acceptors (Lipinski definition) is 3. The average molecular weight is 758 g/mol. The van der Waals surface area contributed by atoms with E-state index in [0.29, 0.717) is 17.6 Å². The zero-order valence-electron chi connectivity index (χ0n) is 32.6. The molecule has 8 aromatic carbocycles. The summed E-state index contributed by atoms with van der Waals surface area (Å²) in [6, 6.07) is 68.9. The Morgan fingerprint density at radius 1 is 0.373 bits per heavy atom. The number of hydrogen-bond donors (Lipinski definition) is 0. The van der Waals surface area contributed by atoms with Crippen molar-refractivity contribution in [2.75, 3.05) is 0 Å². The highest BCUT2D eigenvalue weighted by atomic mass is 15.2. The maximum absolute atomic E-state index is 5.33. The quantitative estimate of drug-likeness (QED) is 0.155. The SMILES string of the molecule is CCCc1ccc(-c2cccc(-c3cccc(-c4nc(-c5ccccc5)nc(-n5c6ccccc6c6c7c8ccccc8n(-c8ccccc8)c7ccc65)n4)c3)c2)cc1. The molecule has 0 amide bonds. The highest BCUT2D eigenvalue weighted by Gasteiger charge is 2.22. The van der Waals surface area contributed by atoms with E-state index in [1.165, 1.54) is 38.4 Å². The highest BCUT2D eigenvalue weighted by Crippen LogP contribution is 2.42. The van der Waals surface area contributed by atoms with Gasteiger partial charge in [0.2, 0.25) is 5.95 Å². The lowest BCUT2D eigenvalue weighted by Gasteiger charge is -2.12. The van der Waals surface area contributed by atoms with Gasteiger partial charge in [-0.25, -0.2) is 4.98 Å². The Morgan fingerprint density at radius 2 is 0.864 bits per heavy atom. The van der Waals surface area contributed by atoms with Crippen LogP contribution in [0.5, 0.6) is 0 Å². The van der Waals surface area contributed by atoms with Gasteiger partial charge in [0.25, 0.3) is 0 Å². The summed E-state index contributed by atoms with van der Waals surface area (Å²) in [6.45, 7) is 2.22. The van der Waals surface area contributed by atoms with Gasteiger partial charge in [-0.2, -0.15) is 9.97 Å². The molecule has 280 valence electrons. The van der Waals surface area contributed by atoms with Gasteiger partial charge in [0.15, 0.2) is 11.6 Å². The molecule has 0 saturated carbocycles. The first kappa shape index (κ1) is 34.6. The summed E-state index contributed by atoms with van der Waals surface area (Å²) in [5, 5.41) is 4.74. The molecule has 0 aliphatic rings. The van der Waals surface area contributed by atoms with E-state index in [4.69, 9.17) is 15.0 Å². The summed E-state index contributed by atoms with van der Waals surface area (Å²) in [4.78, 5) is 15.7. The summed E-state index contributed by atoms with van der Waals surface area (Å²) in [5.41, 5.74) is 13.4. The number of rotatable bonds is 8. The Labute approximate surface area is 342 Å². The van der Waals surface area contributed by atoms with Gasteiger partial charge < -0.3 is 4.57 Å². The van der Waals surface area contributed by atoms with Crippen LogP contribution in [0.2, 0.25) is 0 Å². The number of nitrogens with zero attached hydrogens (tertiary/aromatic N) is 5. The van der Waals surface area contributed by atoms with E-state index < -0.39 is 0 Å². The van der Waals surface area contributed by atoms with E-state index in [9.17, 15) is 0 Å². The minimum Gasteiger partial charge on any atom is -0.309 e. The normalized spacial score (nSPS) is 11.6. The van der Waals surface area contributed by atoms with Crippen molar-refractivity contribution < 1.29 is 0 Å². The van der Waals surface area contributed by atoms with Crippen molar-refractivity contribution in [1.29, 1.82) is 0 Å². The molecule has 59 heavy (non-hydrogen) atoms. The van der Waals surface area contributed by atoms with Crippen LogP contribution in [0.4, 0.5) is 0 Å². The Morgan fingerprint density at radius 3 is 1.51 bits per heavy atom. The van der Waals surface area contributed by atoms with Gasteiger partial charge in [0.05, 0.1) is 22.1 Å². The van der Waals surface area contributed by atoms with Crippen molar-refractivity contribution in [3.63, 3.8) is 0 Å². The number of fused-ring (bicyclic) bond motifs is 7. The fourth-order valence-corrected chi connectivity index (χ4v) is 8.77. The fourth-order valence-electron chi connectivity index (χ4n) is 8.77. The molecule has 5 nitrogen and oxygen atoms in total. The lowest BCUT2D eigenvalue weighted by molar-refractivity contribution is 0.922. The molecular formula is C54H39N5. The molecule has 5 heteroatoms. The zero-order chi connectivity index (χ0) is 39.3. The standard InChI is InChI=1S/C54H39N5/c1-2-15-36-28-30-37(31-29-36)39-18-13-19-40(34-39)41-20-14-21-42(35-41)53-55-52(38-16-5-3-6-17-38)56-54(57-53)59-47-27-12-10-25-45(47)51-49(59)33-32-48-50(51)44-24-9-11-26-46(44)58(48)43-22-7-4-8-23-43/h3-14,16-35H,2,15H2,1H3. The van der Waals surface area contributed by atoms with Crippen LogP contribution in [0.1, 0.15) is 18.9 Å². The smallest absolute Gasteiger partial charge is 0.238 e. The van der Waals surface area contributed by atoms with Crippen molar-refractivity contribution in [2.45, 2.75) is 19.8 Å². The van der Waals surface area contributed by atoms with Gasteiger partial charge in [0.1, 0.15) is 0 Å². The minimum atomic E-state index is 0.574. The summed E-state index contributed by atoms with van der Waals surface area (Å²) < 4.78 is 4.59. The monoisotopic (exact) mass is 757 g/mol. The van der Waals surface area contributed by atoms with Crippen molar-refractivity contribution in [2.24, 2.45) is 0 Å². The molecule has 0 aliphatic heterocycles. The van der Waals surface area contributed by atoms with Crippen LogP contribution in [-0.4, -0.2) is 24.1 Å². The molecule has 0 saturated heterocycles. The third kappa shape index (κ3) is 5.98. The second kappa shape index (κ2) is 14.4. The molecule has 11 rings (SSSR count). The van der Waals surface area contributed by atoms with Gasteiger partial charge in [-0.1, -0.05) is 159 Å². The van der Waals surface area contributed by atoms with E-state index in [2.05, 4.69) is 192 Å². The number of para-hydroxylation sites is 3. The summed E-state index contributed by atoms with van der Waals surface area (Å²) in [5.74, 6) is 1.81. The Bertz CT molecular complexity index is 3320. The summed E-state index contributed by atoms with van der Waals surface area (Å²) >= 11 is 0. The zero-order valence-corrected chi connectivity index (χ0v) is 32.6. The van der Waals surface area contributed by atoms with Crippen LogP contribution in [0.15, 0.2) is 194 Å². The molecule has 0 unspecified atom stereocenters. The average Bonchev–Trinajstić information content (AvgIpc) is 3.83. The predicted molar refractivity (Wildman–Crippen MR) is 244 cm³/mol. The molecule has 11 aromatic rings. The first-order chi connectivity index (χ1) is 29.2. The van der Waals surface area contributed by atoms with Gasteiger partial charge in [-0.3, -0.25) is 4.57 Å². The minimum absolute atomic E-state index is 0.574. The molecule has 0 atom stereocenters. The molecule has 3 aromatic heterocycles. The molecule has 0 aliphatic carbocycles. The van der Waals surface area contributed by atoms with E-state index in [1.807, 2.05) is 18.2 Å². The largest absolute Gasteiger partial charge is 0.309 e. The number of aryl methyl sites for hydroxylation is 1. The van der Waals surface area contributed by atoms with Crippen LogP contribution in [0.25, 0.3) is 100 Å². The second-order valence-electron chi connectivity index (χ2n) is 15.2. The molecule has 0 bridgehead atoms. The molecule has 3 heterocycles. The van der Waals surface area contributed by atoms with Crippen LogP contribution in [0, 0.1) is 0 Å². The first-order valence-electron chi connectivity index (χ1n) is 20.3. The van der Waals surface area contributed by atoms with Crippen molar-refractivity contribution in [1.82, 2.24) is 24.1 Å². The molecule has 0 spiro atoms.